The molecule has 2 N–H and O–H groups in total. The van der Waals surface area contributed by atoms with E-state index in [9.17, 15) is 20.0 Å². The van der Waals surface area contributed by atoms with E-state index in [0.717, 1.165) is 0 Å². The number of likely N-dealkylation sites (N-methyl/N-ethyl adjacent to an activating group) is 1. The van der Waals surface area contributed by atoms with Crippen LogP contribution in [0.25, 0.3) is 0 Å². The quantitative estimate of drug-likeness (QED) is 0.591. The molecule has 7 nitrogen and oxygen atoms in total. The summed E-state index contributed by atoms with van der Waals surface area (Å²) in [6.07, 6.45) is 0. The zero-order chi connectivity index (χ0) is 16.9. The summed E-state index contributed by atoms with van der Waals surface area (Å²) >= 11 is 5.72. The Morgan fingerprint density at radius 3 is 2.64 bits per heavy atom. The van der Waals surface area contributed by atoms with Crippen LogP contribution in [0.3, 0.4) is 0 Å². The standard InChI is InChI=1S/C14H20ClN3O4/c1-4-17(9-14(2,3)20)8-13(19)16-11-6-5-10(15)7-12(11)18(21)22/h5-7,20H,4,8-9H2,1-3H3,(H,16,19). The van der Waals surface area contributed by atoms with Gasteiger partial charge in [0.25, 0.3) is 5.69 Å². The topological polar surface area (TPSA) is 95.7 Å². The summed E-state index contributed by atoms with van der Waals surface area (Å²) in [7, 11) is 0. The van der Waals surface area contributed by atoms with E-state index in [1.807, 2.05) is 6.92 Å². The molecule has 0 unspecified atom stereocenters. The van der Waals surface area contributed by atoms with Crippen LogP contribution >= 0.6 is 11.6 Å². The minimum atomic E-state index is -0.928. The monoisotopic (exact) mass is 329 g/mol. The SMILES string of the molecule is CCN(CC(=O)Nc1ccc(Cl)cc1[N+](=O)[O-])CC(C)(C)O. The van der Waals surface area contributed by atoms with Gasteiger partial charge in [0, 0.05) is 17.6 Å². The van der Waals surface area contributed by atoms with Crippen molar-refractivity contribution in [2.45, 2.75) is 26.4 Å². The summed E-state index contributed by atoms with van der Waals surface area (Å²) in [6.45, 7) is 6.08. The molecule has 22 heavy (non-hydrogen) atoms. The lowest BCUT2D eigenvalue weighted by molar-refractivity contribution is -0.383. The average Bonchev–Trinajstić information content (AvgIpc) is 2.38. The first-order chi connectivity index (χ1) is 10.1. The molecule has 0 heterocycles. The van der Waals surface area contributed by atoms with Gasteiger partial charge in [0.05, 0.1) is 17.1 Å². The summed E-state index contributed by atoms with van der Waals surface area (Å²) in [5.41, 5.74) is -1.09. The molecule has 0 aromatic heterocycles. The molecule has 0 spiro atoms. The van der Waals surface area contributed by atoms with Crippen molar-refractivity contribution in [2.75, 3.05) is 25.0 Å². The molecule has 1 aromatic carbocycles. The Morgan fingerprint density at radius 1 is 1.50 bits per heavy atom. The van der Waals surface area contributed by atoms with E-state index in [1.54, 1.807) is 18.7 Å². The Balaban J connectivity index is 2.78. The lowest BCUT2D eigenvalue weighted by Crippen LogP contribution is -2.42. The summed E-state index contributed by atoms with van der Waals surface area (Å²) in [4.78, 5) is 24.2. The number of hydrogen-bond acceptors (Lipinski definition) is 5. The molecule has 0 radical (unpaired) electrons. The molecule has 0 atom stereocenters. The van der Waals surface area contributed by atoms with Crippen LogP contribution in [0.15, 0.2) is 18.2 Å². The number of anilines is 1. The number of halogens is 1. The highest BCUT2D eigenvalue weighted by molar-refractivity contribution is 6.31. The average molecular weight is 330 g/mol. The molecule has 1 amide bonds. The summed E-state index contributed by atoms with van der Waals surface area (Å²) in [5, 5.41) is 23.5. The van der Waals surface area contributed by atoms with Crippen LogP contribution in [-0.2, 0) is 4.79 Å². The van der Waals surface area contributed by atoms with Crippen molar-refractivity contribution in [1.82, 2.24) is 4.90 Å². The smallest absolute Gasteiger partial charge is 0.294 e. The minimum Gasteiger partial charge on any atom is -0.389 e. The van der Waals surface area contributed by atoms with Crippen LogP contribution in [0.2, 0.25) is 5.02 Å². The molecule has 0 aliphatic rings. The minimum absolute atomic E-state index is 0.0280. The summed E-state index contributed by atoms with van der Waals surface area (Å²) in [5.74, 6) is -0.392. The maximum absolute atomic E-state index is 12.0. The van der Waals surface area contributed by atoms with Gasteiger partial charge in [0.1, 0.15) is 5.69 Å². The fourth-order valence-corrected chi connectivity index (χ4v) is 2.15. The van der Waals surface area contributed by atoms with E-state index in [2.05, 4.69) is 5.32 Å². The van der Waals surface area contributed by atoms with Crippen molar-refractivity contribution in [2.24, 2.45) is 0 Å². The molecule has 1 rings (SSSR count). The molecule has 122 valence electrons. The normalized spacial score (nSPS) is 11.5. The zero-order valence-corrected chi connectivity index (χ0v) is 13.6. The van der Waals surface area contributed by atoms with Crippen LogP contribution < -0.4 is 5.32 Å². The summed E-state index contributed by atoms with van der Waals surface area (Å²) < 4.78 is 0. The van der Waals surface area contributed by atoms with E-state index in [-0.39, 0.29) is 22.9 Å². The number of hydrogen-bond donors (Lipinski definition) is 2. The second-order valence-electron chi connectivity index (χ2n) is 5.58. The van der Waals surface area contributed by atoms with Gasteiger partial charge in [-0.1, -0.05) is 18.5 Å². The first-order valence-corrected chi connectivity index (χ1v) is 7.18. The van der Waals surface area contributed by atoms with Gasteiger partial charge >= 0.3 is 0 Å². The van der Waals surface area contributed by atoms with E-state index in [0.29, 0.717) is 13.1 Å². The molecular formula is C14H20ClN3O4. The third-order valence-electron chi connectivity index (χ3n) is 2.86. The third kappa shape index (κ3) is 5.97. The lowest BCUT2D eigenvalue weighted by Gasteiger charge is -2.27. The number of benzene rings is 1. The van der Waals surface area contributed by atoms with Crippen LogP contribution in [0, 0.1) is 10.1 Å². The Morgan fingerprint density at radius 2 is 2.14 bits per heavy atom. The van der Waals surface area contributed by atoms with E-state index in [1.165, 1.54) is 18.2 Å². The van der Waals surface area contributed by atoms with Crippen LogP contribution in [0.4, 0.5) is 11.4 Å². The second kappa shape index (κ2) is 7.53. The zero-order valence-electron chi connectivity index (χ0n) is 12.8. The third-order valence-corrected chi connectivity index (χ3v) is 3.09. The van der Waals surface area contributed by atoms with Crippen molar-refractivity contribution in [1.29, 1.82) is 0 Å². The highest BCUT2D eigenvalue weighted by Crippen LogP contribution is 2.27. The molecule has 0 saturated heterocycles. The first kappa shape index (κ1) is 18.3. The van der Waals surface area contributed by atoms with Gasteiger partial charge in [0.2, 0.25) is 5.91 Å². The maximum atomic E-state index is 12.0. The van der Waals surface area contributed by atoms with Crippen LogP contribution in [0.5, 0.6) is 0 Å². The largest absolute Gasteiger partial charge is 0.389 e. The number of nitrogens with one attached hydrogen (secondary N) is 1. The van der Waals surface area contributed by atoms with Crippen molar-refractivity contribution in [3.05, 3.63) is 33.3 Å². The number of rotatable bonds is 7. The number of nitrogens with zero attached hydrogens (tertiary/aromatic N) is 2. The molecule has 1 aromatic rings. The number of aliphatic hydroxyl groups is 1. The number of amides is 1. The van der Waals surface area contributed by atoms with E-state index < -0.39 is 16.4 Å². The highest BCUT2D eigenvalue weighted by atomic mass is 35.5. The molecular weight excluding hydrogens is 310 g/mol. The van der Waals surface area contributed by atoms with Crippen molar-refractivity contribution in [3.63, 3.8) is 0 Å². The van der Waals surface area contributed by atoms with Crippen LogP contribution in [0.1, 0.15) is 20.8 Å². The van der Waals surface area contributed by atoms with E-state index >= 15 is 0 Å². The number of nitro benzene ring substituents is 1. The molecule has 8 heteroatoms. The van der Waals surface area contributed by atoms with Gasteiger partial charge < -0.3 is 10.4 Å². The van der Waals surface area contributed by atoms with Gasteiger partial charge in [-0.15, -0.1) is 0 Å². The number of carbonyl (C=O) groups is 1. The van der Waals surface area contributed by atoms with Gasteiger partial charge in [-0.3, -0.25) is 19.8 Å². The van der Waals surface area contributed by atoms with E-state index in [4.69, 9.17) is 11.6 Å². The number of carbonyl (C=O) groups excluding carboxylic acids is 1. The first-order valence-electron chi connectivity index (χ1n) is 6.81. The fourth-order valence-electron chi connectivity index (χ4n) is 1.98. The fraction of sp³-hybridized carbons (Fsp3) is 0.500. The Hall–Kier alpha value is -1.70. The molecule has 0 bridgehead atoms. The van der Waals surface area contributed by atoms with Gasteiger partial charge in [0.15, 0.2) is 0 Å². The van der Waals surface area contributed by atoms with Crippen molar-refractivity contribution in [3.8, 4) is 0 Å². The Kier molecular flexibility index (Phi) is 6.28. The second-order valence-corrected chi connectivity index (χ2v) is 6.02. The van der Waals surface area contributed by atoms with Crippen molar-refractivity contribution >= 4 is 28.9 Å². The van der Waals surface area contributed by atoms with Gasteiger partial charge in [-0.05, 0) is 32.5 Å². The Labute approximate surface area is 134 Å². The lowest BCUT2D eigenvalue weighted by atomic mass is 10.1. The predicted molar refractivity (Wildman–Crippen MR) is 85.1 cm³/mol. The molecule has 0 aliphatic carbocycles. The number of nitro groups is 1. The van der Waals surface area contributed by atoms with Gasteiger partial charge in [-0.2, -0.15) is 0 Å². The molecule has 0 saturated carbocycles. The summed E-state index contributed by atoms with van der Waals surface area (Å²) in [6, 6.07) is 4.05. The molecule has 0 fully saturated rings. The maximum Gasteiger partial charge on any atom is 0.294 e. The molecule has 0 aliphatic heterocycles. The Bertz CT molecular complexity index is 558. The highest BCUT2D eigenvalue weighted by Gasteiger charge is 2.21. The van der Waals surface area contributed by atoms with Crippen LogP contribution in [-0.4, -0.2) is 46.1 Å². The predicted octanol–water partition coefficient (Wildman–Crippen LogP) is 2.28. The van der Waals surface area contributed by atoms with Gasteiger partial charge in [-0.25, -0.2) is 0 Å². The van der Waals surface area contributed by atoms with Crippen molar-refractivity contribution < 1.29 is 14.8 Å².